The van der Waals surface area contributed by atoms with Gasteiger partial charge in [0.05, 0.1) is 7.11 Å². The Morgan fingerprint density at radius 3 is 2.38 bits per heavy atom. The molecule has 1 amide bonds. The number of carbonyl (C=O) groups excluding carboxylic acids is 2. The zero-order chi connectivity index (χ0) is 12.0. The van der Waals surface area contributed by atoms with E-state index in [-0.39, 0.29) is 12.5 Å². The number of hydrogen-bond acceptors (Lipinski definition) is 3. The van der Waals surface area contributed by atoms with Crippen molar-refractivity contribution >= 4 is 17.6 Å². The van der Waals surface area contributed by atoms with Crippen LogP contribution in [0.15, 0.2) is 30.3 Å². The summed E-state index contributed by atoms with van der Waals surface area (Å²) in [6.45, 7) is 1.71. The summed E-state index contributed by atoms with van der Waals surface area (Å²) < 4.78 is 4.56. The molecule has 86 valence electrons. The van der Waals surface area contributed by atoms with Crippen molar-refractivity contribution in [1.82, 2.24) is 0 Å². The molecule has 0 aliphatic rings. The van der Waals surface area contributed by atoms with Crippen molar-refractivity contribution < 1.29 is 14.3 Å². The van der Waals surface area contributed by atoms with Gasteiger partial charge in [0, 0.05) is 12.1 Å². The van der Waals surface area contributed by atoms with Crippen molar-refractivity contribution in [3.63, 3.8) is 0 Å². The van der Waals surface area contributed by atoms with E-state index < -0.39 is 5.97 Å². The van der Waals surface area contributed by atoms with Crippen LogP contribution < -0.4 is 4.90 Å². The Morgan fingerprint density at radius 2 is 1.88 bits per heavy atom. The highest BCUT2D eigenvalue weighted by Crippen LogP contribution is 2.14. The standard InChI is InChI=1S/C12H15NO3/c1-3-11(14)13(9-12(15)16-2)10-7-5-4-6-8-10/h4-8H,3,9H2,1-2H3. The van der Waals surface area contributed by atoms with E-state index >= 15 is 0 Å². The molecule has 1 aromatic rings. The average molecular weight is 221 g/mol. The Morgan fingerprint density at radius 1 is 1.25 bits per heavy atom. The summed E-state index contributed by atoms with van der Waals surface area (Å²) in [4.78, 5) is 24.3. The van der Waals surface area contributed by atoms with E-state index in [1.807, 2.05) is 18.2 Å². The number of anilines is 1. The summed E-state index contributed by atoms with van der Waals surface area (Å²) in [5, 5.41) is 0. The van der Waals surface area contributed by atoms with Crippen LogP contribution in [-0.2, 0) is 14.3 Å². The highest BCUT2D eigenvalue weighted by molar-refractivity contribution is 5.97. The lowest BCUT2D eigenvalue weighted by atomic mass is 10.2. The van der Waals surface area contributed by atoms with Gasteiger partial charge in [-0.25, -0.2) is 0 Å². The van der Waals surface area contributed by atoms with E-state index in [9.17, 15) is 9.59 Å². The van der Waals surface area contributed by atoms with Gasteiger partial charge < -0.3 is 9.64 Å². The van der Waals surface area contributed by atoms with Gasteiger partial charge in [-0.3, -0.25) is 9.59 Å². The summed E-state index contributed by atoms with van der Waals surface area (Å²) in [5.74, 6) is -0.526. The van der Waals surface area contributed by atoms with Crippen LogP contribution >= 0.6 is 0 Å². The van der Waals surface area contributed by atoms with Crippen LogP contribution in [0.25, 0.3) is 0 Å². The first-order chi connectivity index (χ1) is 7.69. The molecule has 4 heteroatoms. The number of amides is 1. The van der Waals surface area contributed by atoms with E-state index in [1.54, 1.807) is 19.1 Å². The first-order valence-electron chi connectivity index (χ1n) is 5.11. The number of carbonyl (C=O) groups is 2. The minimum Gasteiger partial charge on any atom is -0.468 e. The van der Waals surface area contributed by atoms with E-state index in [1.165, 1.54) is 12.0 Å². The number of hydrogen-bond donors (Lipinski definition) is 0. The van der Waals surface area contributed by atoms with Crippen LogP contribution in [0.4, 0.5) is 5.69 Å². The van der Waals surface area contributed by atoms with Crippen molar-refractivity contribution in [2.24, 2.45) is 0 Å². The Labute approximate surface area is 94.8 Å². The van der Waals surface area contributed by atoms with Gasteiger partial charge in [-0.2, -0.15) is 0 Å². The highest BCUT2D eigenvalue weighted by Gasteiger charge is 2.17. The number of para-hydroxylation sites is 1. The molecule has 0 radical (unpaired) electrons. The number of methoxy groups -OCH3 is 1. The monoisotopic (exact) mass is 221 g/mol. The van der Waals surface area contributed by atoms with Crippen LogP contribution in [-0.4, -0.2) is 25.5 Å². The SMILES string of the molecule is CCC(=O)N(CC(=O)OC)c1ccccc1. The quantitative estimate of drug-likeness (QED) is 0.725. The zero-order valence-corrected chi connectivity index (χ0v) is 9.47. The molecule has 0 fully saturated rings. The normalized spacial score (nSPS) is 9.62. The third-order valence-corrected chi connectivity index (χ3v) is 2.19. The van der Waals surface area contributed by atoms with Crippen LogP contribution in [0.1, 0.15) is 13.3 Å². The van der Waals surface area contributed by atoms with Gasteiger partial charge in [0.15, 0.2) is 0 Å². The molecule has 0 aromatic heterocycles. The summed E-state index contributed by atoms with van der Waals surface area (Å²) in [6, 6.07) is 9.08. The molecule has 0 heterocycles. The van der Waals surface area contributed by atoms with Crippen LogP contribution in [0.3, 0.4) is 0 Å². The Balaban J connectivity index is 2.88. The van der Waals surface area contributed by atoms with Gasteiger partial charge >= 0.3 is 5.97 Å². The molecule has 0 spiro atoms. The van der Waals surface area contributed by atoms with E-state index in [0.29, 0.717) is 12.1 Å². The molecular formula is C12H15NO3. The van der Waals surface area contributed by atoms with Gasteiger partial charge in [0.1, 0.15) is 6.54 Å². The fourth-order valence-electron chi connectivity index (χ4n) is 1.32. The largest absolute Gasteiger partial charge is 0.468 e. The summed E-state index contributed by atoms with van der Waals surface area (Å²) in [5.41, 5.74) is 0.708. The molecule has 0 atom stereocenters. The number of rotatable bonds is 4. The smallest absolute Gasteiger partial charge is 0.325 e. The maximum Gasteiger partial charge on any atom is 0.325 e. The predicted octanol–water partition coefficient (Wildman–Crippen LogP) is 1.60. The van der Waals surface area contributed by atoms with Crippen LogP contribution in [0.5, 0.6) is 0 Å². The predicted molar refractivity (Wildman–Crippen MR) is 61.1 cm³/mol. The molecule has 0 aliphatic carbocycles. The van der Waals surface area contributed by atoms with Crippen LogP contribution in [0.2, 0.25) is 0 Å². The van der Waals surface area contributed by atoms with E-state index in [2.05, 4.69) is 4.74 Å². The van der Waals surface area contributed by atoms with Crippen molar-refractivity contribution in [2.45, 2.75) is 13.3 Å². The fraction of sp³-hybridized carbons (Fsp3) is 0.333. The van der Waals surface area contributed by atoms with E-state index in [4.69, 9.17) is 0 Å². The lowest BCUT2D eigenvalue weighted by Crippen LogP contribution is -2.35. The van der Waals surface area contributed by atoms with Crippen molar-refractivity contribution in [3.05, 3.63) is 30.3 Å². The summed E-state index contributed by atoms with van der Waals surface area (Å²) >= 11 is 0. The molecule has 0 bridgehead atoms. The Kier molecular flexibility index (Phi) is 4.51. The molecule has 0 aliphatic heterocycles. The van der Waals surface area contributed by atoms with Gasteiger partial charge in [0.2, 0.25) is 5.91 Å². The minimum absolute atomic E-state index is 0.0484. The number of nitrogens with zero attached hydrogens (tertiary/aromatic N) is 1. The van der Waals surface area contributed by atoms with Gasteiger partial charge in [-0.15, -0.1) is 0 Å². The van der Waals surface area contributed by atoms with Gasteiger partial charge in [-0.05, 0) is 12.1 Å². The molecule has 16 heavy (non-hydrogen) atoms. The molecule has 0 saturated carbocycles. The summed E-state index contributed by atoms with van der Waals surface area (Å²) in [7, 11) is 1.31. The number of ether oxygens (including phenoxy) is 1. The second kappa shape index (κ2) is 5.90. The maximum absolute atomic E-state index is 11.7. The Bertz CT molecular complexity index is 362. The molecular weight excluding hydrogens is 206 g/mol. The van der Waals surface area contributed by atoms with Gasteiger partial charge in [0.25, 0.3) is 0 Å². The maximum atomic E-state index is 11.7. The topological polar surface area (TPSA) is 46.6 Å². The van der Waals surface area contributed by atoms with Crippen molar-refractivity contribution in [1.29, 1.82) is 0 Å². The summed E-state index contributed by atoms with van der Waals surface area (Å²) in [6.07, 6.45) is 0.353. The second-order valence-electron chi connectivity index (χ2n) is 3.25. The van der Waals surface area contributed by atoms with E-state index in [0.717, 1.165) is 0 Å². The molecule has 0 unspecified atom stereocenters. The molecule has 1 rings (SSSR count). The third kappa shape index (κ3) is 3.08. The van der Waals surface area contributed by atoms with Crippen molar-refractivity contribution in [3.8, 4) is 0 Å². The lowest BCUT2D eigenvalue weighted by Gasteiger charge is -2.20. The Hall–Kier alpha value is -1.84. The molecule has 0 N–H and O–H groups in total. The molecule has 0 saturated heterocycles. The number of benzene rings is 1. The van der Waals surface area contributed by atoms with Crippen molar-refractivity contribution in [2.75, 3.05) is 18.6 Å². The fourth-order valence-corrected chi connectivity index (χ4v) is 1.32. The number of esters is 1. The highest BCUT2D eigenvalue weighted by atomic mass is 16.5. The van der Waals surface area contributed by atoms with Crippen LogP contribution in [0, 0.1) is 0 Å². The lowest BCUT2D eigenvalue weighted by molar-refractivity contribution is -0.140. The molecule has 4 nitrogen and oxygen atoms in total. The first-order valence-corrected chi connectivity index (χ1v) is 5.11. The molecule has 1 aromatic carbocycles. The first kappa shape index (κ1) is 12.2. The average Bonchev–Trinajstić information content (AvgIpc) is 2.35. The second-order valence-corrected chi connectivity index (χ2v) is 3.25. The minimum atomic E-state index is -0.425. The van der Waals surface area contributed by atoms with Gasteiger partial charge in [-0.1, -0.05) is 25.1 Å². The zero-order valence-electron chi connectivity index (χ0n) is 9.47. The third-order valence-electron chi connectivity index (χ3n) is 2.19.